The molecule has 0 amide bonds. The van der Waals surface area contributed by atoms with Gasteiger partial charge in [0.15, 0.2) is 0 Å². The number of aromatic nitrogens is 2. The minimum Gasteiger partial charge on any atom is -0.492 e. The number of ether oxygens (including phenoxy) is 1. The molecule has 22 heavy (non-hydrogen) atoms. The molecule has 2 heterocycles. The zero-order valence-corrected chi connectivity index (χ0v) is 12.5. The van der Waals surface area contributed by atoms with Crippen molar-refractivity contribution in [1.29, 1.82) is 0 Å². The fraction of sp³-hybridized carbons (Fsp3) is 0.412. The molecule has 0 radical (unpaired) electrons. The van der Waals surface area contributed by atoms with Crippen molar-refractivity contribution in [1.82, 2.24) is 14.9 Å². The maximum Gasteiger partial charge on any atom is 0.123 e. The molecule has 1 aromatic carbocycles. The summed E-state index contributed by atoms with van der Waals surface area (Å²) in [6, 6.07) is 6.16. The molecule has 116 valence electrons. The van der Waals surface area contributed by atoms with E-state index in [1.54, 1.807) is 24.5 Å². The van der Waals surface area contributed by atoms with Crippen molar-refractivity contribution in [3.63, 3.8) is 0 Å². The Labute approximate surface area is 130 Å². The molecule has 0 N–H and O–H groups in total. The van der Waals surface area contributed by atoms with Crippen LogP contribution in [0.5, 0.6) is 5.75 Å². The van der Waals surface area contributed by atoms with E-state index in [1.165, 1.54) is 12.1 Å². The summed E-state index contributed by atoms with van der Waals surface area (Å²) in [5, 5.41) is 0. The van der Waals surface area contributed by atoms with Gasteiger partial charge in [0.25, 0.3) is 0 Å². The first-order valence-electron chi connectivity index (χ1n) is 7.68. The first-order valence-corrected chi connectivity index (χ1v) is 7.68. The van der Waals surface area contributed by atoms with Gasteiger partial charge in [-0.05, 0) is 43.7 Å². The largest absolute Gasteiger partial charge is 0.492 e. The first kappa shape index (κ1) is 14.9. The van der Waals surface area contributed by atoms with Crippen molar-refractivity contribution in [3.8, 4) is 5.75 Å². The molecule has 0 bridgehead atoms. The maximum absolute atomic E-state index is 12.8. The normalized spacial score (nSPS) is 19.0. The lowest BCUT2D eigenvalue weighted by molar-refractivity contribution is 0.169. The van der Waals surface area contributed by atoms with Gasteiger partial charge in [-0.1, -0.05) is 0 Å². The maximum atomic E-state index is 12.8. The summed E-state index contributed by atoms with van der Waals surface area (Å²) in [7, 11) is 0. The van der Waals surface area contributed by atoms with Crippen molar-refractivity contribution in [3.05, 3.63) is 54.4 Å². The van der Waals surface area contributed by atoms with E-state index in [9.17, 15) is 4.39 Å². The third-order valence-electron chi connectivity index (χ3n) is 4.00. The van der Waals surface area contributed by atoms with Crippen LogP contribution in [0.4, 0.5) is 4.39 Å². The highest BCUT2D eigenvalue weighted by Crippen LogP contribution is 2.24. The molecule has 1 fully saturated rings. The number of likely N-dealkylation sites (tertiary alicyclic amines) is 1. The molecule has 0 saturated carbocycles. The summed E-state index contributed by atoms with van der Waals surface area (Å²) in [6.07, 6.45) is 7.65. The molecule has 1 atom stereocenters. The van der Waals surface area contributed by atoms with Crippen molar-refractivity contribution in [2.24, 2.45) is 0 Å². The van der Waals surface area contributed by atoms with Crippen LogP contribution in [0.15, 0.2) is 42.9 Å². The smallest absolute Gasteiger partial charge is 0.123 e. The van der Waals surface area contributed by atoms with Crippen LogP contribution in [-0.4, -0.2) is 41.1 Å². The van der Waals surface area contributed by atoms with Crippen LogP contribution in [0.1, 0.15) is 24.5 Å². The summed E-state index contributed by atoms with van der Waals surface area (Å²) in [5.74, 6) is 0.923. The van der Waals surface area contributed by atoms with Crippen LogP contribution in [0.25, 0.3) is 0 Å². The molecule has 1 aliphatic heterocycles. The number of benzene rings is 1. The van der Waals surface area contributed by atoms with Gasteiger partial charge >= 0.3 is 0 Å². The topological polar surface area (TPSA) is 38.2 Å². The average Bonchev–Trinajstić information content (AvgIpc) is 2.58. The number of piperidine rings is 1. The molecule has 1 aromatic heterocycles. The zero-order chi connectivity index (χ0) is 15.2. The Balaban J connectivity index is 1.47. The summed E-state index contributed by atoms with van der Waals surface area (Å²) in [6.45, 7) is 3.56. The number of hydrogen-bond donors (Lipinski definition) is 0. The van der Waals surface area contributed by atoms with Gasteiger partial charge in [0.2, 0.25) is 0 Å². The Morgan fingerprint density at radius 3 is 2.86 bits per heavy atom. The van der Waals surface area contributed by atoms with Gasteiger partial charge in [-0.15, -0.1) is 0 Å². The Morgan fingerprint density at radius 2 is 2.09 bits per heavy atom. The molecule has 1 saturated heterocycles. The van der Waals surface area contributed by atoms with E-state index >= 15 is 0 Å². The Bertz CT molecular complexity index is 576. The SMILES string of the molecule is Fc1ccc(OCCN2CCC[C@@H](c3cnccn3)C2)cc1. The van der Waals surface area contributed by atoms with Crippen molar-refractivity contribution in [2.75, 3.05) is 26.2 Å². The van der Waals surface area contributed by atoms with Gasteiger partial charge in [-0.25, -0.2) is 4.39 Å². The fourth-order valence-corrected chi connectivity index (χ4v) is 2.84. The van der Waals surface area contributed by atoms with Crippen LogP contribution in [-0.2, 0) is 0 Å². The molecular formula is C17H20FN3O. The average molecular weight is 301 g/mol. The van der Waals surface area contributed by atoms with Crippen LogP contribution in [0.2, 0.25) is 0 Å². The molecule has 2 aromatic rings. The molecule has 0 spiro atoms. The lowest BCUT2D eigenvalue weighted by atomic mass is 9.95. The lowest BCUT2D eigenvalue weighted by Crippen LogP contribution is -2.37. The highest BCUT2D eigenvalue weighted by molar-refractivity contribution is 5.22. The first-order chi connectivity index (χ1) is 10.8. The molecule has 4 nitrogen and oxygen atoms in total. The minimum absolute atomic E-state index is 0.241. The minimum atomic E-state index is -0.241. The Morgan fingerprint density at radius 1 is 1.23 bits per heavy atom. The van der Waals surface area contributed by atoms with Crippen LogP contribution >= 0.6 is 0 Å². The number of halogens is 1. The number of nitrogens with zero attached hydrogens (tertiary/aromatic N) is 3. The van der Waals surface area contributed by atoms with Crippen LogP contribution < -0.4 is 4.74 Å². The predicted molar refractivity (Wildman–Crippen MR) is 82.3 cm³/mol. The van der Waals surface area contributed by atoms with Gasteiger partial charge in [0, 0.05) is 37.6 Å². The quantitative estimate of drug-likeness (QED) is 0.851. The van der Waals surface area contributed by atoms with E-state index in [2.05, 4.69) is 14.9 Å². The summed E-state index contributed by atoms with van der Waals surface area (Å²) in [5.41, 5.74) is 1.08. The highest BCUT2D eigenvalue weighted by Gasteiger charge is 2.22. The van der Waals surface area contributed by atoms with E-state index in [0.29, 0.717) is 18.3 Å². The lowest BCUT2D eigenvalue weighted by Gasteiger charge is -2.32. The third kappa shape index (κ3) is 4.01. The van der Waals surface area contributed by atoms with E-state index in [1.807, 2.05) is 6.20 Å². The Kier molecular flexibility index (Phi) is 4.96. The van der Waals surface area contributed by atoms with E-state index < -0.39 is 0 Å². The number of hydrogen-bond acceptors (Lipinski definition) is 4. The molecule has 1 aliphatic rings. The van der Waals surface area contributed by atoms with Gasteiger partial charge in [-0.3, -0.25) is 14.9 Å². The van der Waals surface area contributed by atoms with Crippen molar-refractivity contribution < 1.29 is 9.13 Å². The van der Waals surface area contributed by atoms with Gasteiger partial charge in [-0.2, -0.15) is 0 Å². The zero-order valence-electron chi connectivity index (χ0n) is 12.5. The second kappa shape index (κ2) is 7.31. The number of rotatable bonds is 5. The van der Waals surface area contributed by atoms with Crippen molar-refractivity contribution in [2.45, 2.75) is 18.8 Å². The second-order valence-electron chi connectivity index (χ2n) is 5.57. The summed E-state index contributed by atoms with van der Waals surface area (Å²) < 4.78 is 18.5. The van der Waals surface area contributed by atoms with Gasteiger partial charge in [0.05, 0.1) is 5.69 Å². The Hall–Kier alpha value is -2.01. The summed E-state index contributed by atoms with van der Waals surface area (Å²) in [4.78, 5) is 11.0. The molecular weight excluding hydrogens is 281 g/mol. The molecule has 3 rings (SSSR count). The monoisotopic (exact) mass is 301 g/mol. The standard InChI is InChI=1S/C17H20FN3O/c18-15-3-5-16(6-4-15)22-11-10-21-9-1-2-14(13-21)17-12-19-7-8-20-17/h3-8,12,14H,1-2,9-11,13H2/t14-/m1/s1. The van der Waals surface area contributed by atoms with E-state index in [-0.39, 0.29) is 5.82 Å². The third-order valence-corrected chi connectivity index (χ3v) is 4.00. The van der Waals surface area contributed by atoms with Gasteiger partial charge in [0.1, 0.15) is 18.2 Å². The molecule has 0 unspecified atom stereocenters. The summed E-state index contributed by atoms with van der Waals surface area (Å²) >= 11 is 0. The molecule has 5 heteroatoms. The van der Waals surface area contributed by atoms with E-state index in [0.717, 1.165) is 38.2 Å². The highest BCUT2D eigenvalue weighted by atomic mass is 19.1. The van der Waals surface area contributed by atoms with Crippen LogP contribution in [0, 0.1) is 5.82 Å². The van der Waals surface area contributed by atoms with Crippen molar-refractivity contribution >= 4 is 0 Å². The van der Waals surface area contributed by atoms with Gasteiger partial charge < -0.3 is 4.74 Å². The van der Waals surface area contributed by atoms with Crippen LogP contribution in [0.3, 0.4) is 0 Å². The predicted octanol–water partition coefficient (Wildman–Crippen LogP) is 2.87. The second-order valence-corrected chi connectivity index (χ2v) is 5.57. The van der Waals surface area contributed by atoms with E-state index in [4.69, 9.17) is 4.74 Å². The molecule has 0 aliphatic carbocycles. The fourth-order valence-electron chi connectivity index (χ4n) is 2.84.